The molecule has 0 aliphatic carbocycles. The molecule has 1 fully saturated rings. The van der Waals surface area contributed by atoms with Gasteiger partial charge in [-0.15, -0.1) is 0 Å². The molecule has 1 aromatic heterocycles. The van der Waals surface area contributed by atoms with Crippen LogP contribution < -0.4 is 11.4 Å². The first-order chi connectivity index (χ1) is 8.39. The molecule has 7 heteroatoms. The molecule has 2 rings (SSSR count). The summed E-state index contributed by atoms with van der Waals surface area (Å²) in [5.74, 6) is -2.98. The normalized spacial score (nSPS) is 35.9. The number of rotatable bonds is 2. The average molecular weight is 259 g/mol. The summed E-state index contributed by atoms with van der Waals surface area (Å²) >= 11 is 0. The molecule has 0 aromatic carbocycles. The number of hydrogen-bond donors (Lipinski definition) is 1. The highest BCUT2D eigenvalue weighted by atomic mass is 19.2. The molecule has 0 saturated carbocycles. The molecule has 1 aliphatic heterocycles. The number of anilines is 1. The molecule has 2 N–H and O–H groups in total. The van der Waals surface area contributed by atoms with Gasteiger partial charge in [-0.3, -0.25) is 4.57 Å². The summed E-state index contributed by atoms with van der Waals surface area (Å²) in [5.41, 5.74) is 4.58. The Kier molecular flexibility index (Phi) is 3.10. The van der Waals surface area contributed by atoms with Crippen molar-refractivity contribution in [3.8, 4) is 0 Å². The lowest BCUT2D eigenvalue weighted by Gasteiger charge is -2.21. The van der Waals surface area contributed by atoms with Crippen molar-refractivity contribution in [3.05, 3.63) is 22.7 Å². The van der Waals surface area contributed by atoms with E-state index >= 15 is 0 Å². The van der Waals surface area contributed by atoms with Crippen molar-refractivity contribution in [1.29, 1.82) is 0 Å². The Labute approximate surface area is 103 Å². The van der Waals surface area contributed by atoms with Crippen molar-refractivity contribution in [2.24, 2.45) is 5.92 Å². The topological polar surface area (TPSA) is 70.1 Å². The zero-order valence-electron chi connectivity index (χ0n) is 10.1. The first-order valence-electron chi connectivity index (χ1n) is 5.74. The van der Waals surface area contributed by atoms with Crippen molar-refractivity contribution in [2.75, 3.05) is 5.73 Å². The minimum Gasteiger partial charge on any atom is -0.383 e. The van der Waals surface area contributed by atoms with Gasteiger partial charge in [0.2, 0.25) is 5.85 Å². The van der Waals surface area contributed by atoms with Crippen molar-refractivity contribution in [1.82, 2.24) is 9.55 Å². The average Bonchev–Trinajstić information content (AvgIpc) is 2.55. The zero-order chi connectivity index (χ0) is 13.5. The van der Waals surface area contributed by atoms with Gasteiger partial charge in [0.25, 0.3) is 0 Å². The van der Waals surface area contributed by atoms with E-state index in [1.807, 2.05) is 0 Å². The molecule has 0 bridgehead atoms. The molecule has 1 aromatic rings. The third-order valence-corrected chi connectivity index (χ3v) is 3.35. The number of nitrogen functional groups attached to an aromatic ring is 1. The maximum absolute atomic E-state index is 14.2. The number of ether oxygens (including phenoxy) is 1. The lowest BCUT2D eigenvalue weighted by Crippen LogP contribution is -2.31. The van der Waals surface area contributed by atoms with Crippen molar-refractivity contribution in [2.45, 2.75) is 38.5 Å². The van der Waals surface area contributed by atoms with Crippen LogP contribution in [0.4, 0.5) is 14.6 Å². The SMILES string of the molecule is CC[C@@]1(F)O[C@@H](n2ccc(N)nc2=O)[C@H](F)[C@@H]1C. The van der Waals surface area contributed by atoms with Crippen LogP contribution in [0.25, 0.3) is 0 Å². The van der Waals surface area contributed by atoms with Crippen LogP contribution in [0.5, 0.6) is 0 Å². The highest BCUT2D eigenvalue weighted by molar-refractivity contribution is 5.23. The van der Waals surface area contributed by atoms with Gasteiger partial charge in [-0.25, -0.2) is 13.6 Å². The van der Waals surface area contributed by atoms with E-state index in [9.17, 15) is 13.6 Å². The van der Waals surface area contributed by atoms with Crippen LogP contribution in [0.3, 0.4) is 0 Å². The number of nitrogens with zero attached hydrogens (tertiary/aromatic N) is 2. The second kappa shape index (κ2) is 4.31. The fraction of sp³-hybridized carbons (Fsp3) is 0.636. The van der Waals surface area contributed by atoms with E-state index in [0.29, 0.717) is 0 Å². The van der Waals surface area contributed by atoms with E-state index in [0.717, 1.165) is 4.57 Å². The van der Waals surface area contributed by atoms with Crippen LogP contribution in [-0.2, 0) is 4.74 Å². The van der Waals surface area contributed by atoms with Crippen LogP contribution in [0.15, 0.2) is 17.1 Å². The third-order valence-electron chi connectivity index (χ3n) is 3.35. The Morgan fingerprint density at radius 3 is 2.83 bits per heavy atom. The molecule has 1 aliphatic rings. The van der Waals surface area contributed by atoms with E-state index in [4.69, 9.17) is 10.5 Å². The molecule has 18 heavy (non-hydrogen) atoms. The molecule has 4 atom stereocenters. The van der Waals surface area contributed by atoms with Gasteiger partial charge in [0.15, 0.2) is 12.4 Å². The van der Waals surface area contributed by atoms with Gasteiger partial charge < -0.3 is 10.5 Å². The fourth-order valence-corrected chi connectivity index (χ4v) is 2.09. The predicted octanol–water partition coefficient (Wildman–Crippen LogP) is 1.40. The van der Waals surface area contributed by atoms with Gasteiger partial charge in [0.05, 0.1) is 5.92 Å². The van der Waals surface area contributed by atoms with Crippen LogP contribution >= 0.6 is 0 Å². The number of hydrogen-bond acceptors (Lipinski definition) is 4. The van der Waals surface area contributed by atoms with Crippen molar-refractivity contribution in [3.63, 3.8) is 0 Å². The summed E-state index contributed by atoms with van der Waals surface area (Å²) in [6.07, 6.45) is -1.64. The summed E-state index contributed by atoms with van der Waals surface area (Å²) < 4.78 is 34.3. The third kappa shape index (κ3) is 1.88. The largest absolute Gasteiger partial charge is 0.383 e. The Balaban J connectivity index is 2.38. The molecule has 2 heterocycles. The maximum Gasteiger partial charge on any atom is 0.351 e. The van der Waals surface area contributed by atoms with Gasteiger partial charge >= 0.3 is 5.69 Å². The van der Waals surface area contributed by atoms with Gasteiger partial charge in [-0.1, -0.05) is 13.8 Å². The van der Waals surface area contributed by atoms with Crippen LogP contribution in [0.2, 0.25) is 0 Å². The standard InChI is InChI=1S/C11H15F2N3O2/c1-3-11(13)6(2)8(12)9(18-11)16-5-4-7(14)15-10(16)17/h4-6,8-9H,3H2,1-2H3,(H2,14,15,17)/t6-,8+,9+,11+/m0/s1. The molecule has 5 nitrogen and oxygen atoms in total. The van der Waals surface area contributed by atoms with Crippen LogP contribution in [-0.4, -0.2) is 21.6 Å². The Hall–Kier alpha value is -1.50. The lowest BCUT2D eigenvalue weighted by molar-refractivity contribution is -0.172. The van der Waals surface area contributed by atoms with Gasteiger partial charge in [0, 0.05) is 12.6 Å². The number of nitrogens with two attached hydrogens (primary N) is 1. The minimum absolute atomic E-state index is 0.0161. The fourth-order valence-electron chi connectivity index (χ4n) is 2.09. The van der Waals surface area contributed by atoms with Gasteiger partial charge in [0.1, 0.15) is 5.82 Å². The molecule has 1 saturated heterocycles. The first-order valence-corrected chi connectivity index (χ1v) is 5.74. The molecule has 0 spiro atoms. The number of alkyl halides is 2. The Bertz CT molecular complexity index is 507. The van der Waals surface area contributed by atoms with E-state index in [1.54, 1.807) is 6.92 Å². The van der Waals surface area contributed by atoms with E-state index in [2.05, 4.69) is 4.98 Å². The summed E-state index contributed by atoms with van der Waals surface area (Å²) in [6, 6.07) is 1.34. The minimum atomic E-state index is -2.06. The summed E-state index contributed by atoms with van der Waals surface area (Å²) in [6.45, 7) is 2.99. The molecular formula is C11H15F2N3O2. The maximum atomic E-state index is 14.2. The second-order valence-corrected chi connectivity index (χ2v) is 4.42. The first kappa shape index (κ1) is 12.9. The van der Waals surface area contributed by atoms with Crippen LogP contribution in [0, 0.1) is 5.92 Å². The molecule has 0 radical (unpaired) electrons. The highest BCUT2D eigenvalue weighted by Crippen LogP contribution is 2.45. The predicted molar refractivity (Wildman–Crippen MR) is 61.2 cm³/mol. The Morgan fingerprint density at radius 1 is 1.67 bits per heavy atom. The molecule has 0 unspecified atom stereocenters. The van der Waals surface area contributed by atoms with E-state index < -0.39 is 29.9 Å². The second-order valence-electron chi connectivity index (χ2n) is 4.42. The van der Waals surface area contributed by atoms with Crippen molar-refractivity contribution < 1.29 is 13.5 Å². The van der Waals surface area contributed by atoms with E-state index in [1.165, 1.54) is 19.2 Å². The van der Waals surface area contributed by atoms with Crippen molar-refractivity contribution >= 4 is 5.82 Å². The van der Waals surface area contributed by atoms with Gasteiger partial charge in [-0.2, -0.15) is 4.98 Å². The summed E-state index contributed by atoms with van der Waals surface area (Å²) in [5, 5.41) is 0. The highest BCUT2D eigenvalue weighted by Gasteiger charge is 2.54. The quantitative estimate of drug-likeness (QED) is 0.871. The zero-order valence-corrected chi connectivity index (χ0v) is 10.1. The number of aromatic nitrogens is 2. The van der Waals surface area contributed by atoms with Gasteiger partial charge in [-0.05, 0) is 6.07 Å². The Morgan fingerprint density at radius 2 is 2.33 bits per heavy atom. The number of halogens is 2. The summed E-state index contributed by atoms with van der Waals surface area (Å²) in [7, 11) is 0. The smallest absolute Gasteiger partial charge is 0.351 e. The lowest BCUT2D eigenvalue weighted by atomic mass is 9.97. The molecule has 100 valence electrons. The monoisotopic (exact) mass is 259 g/mol. The van der Waals surface area contributed by atoms with E-state index in [-0.39, 0.29) is 12.2 Å². The molecule has 0 amide bonds. The van der Waals surface area contributed by atoms with Crippen LogP contribution in [0.1, 0.15) is 26.5 Å². The molecular weight excluding hydrogens is 244 g/mol. The summed E-state index contributed by atoms with van der Waals surface area (Å²) in [4.78, 5) is 15.0.